The Labute approximate surface area is 182 Å². The van der Waals surface area contributed by atoms with E-state index in [0.29, 0.717) is 32.5 Å². The quantitative estimate of drug-likeness (QED) is 0.508. The molecule has 3 aromatic rings. The van der Waals surface area contributed by atoms with Gasteiger partial charge < -0.3 is 19.4 Å². The number of anilines is 1. The van der Waals surface area contributed by atoms with E-state index in [4.69, 9.17) is 32.7 Å². The van der Waals surface area contributed by atoms with Crippen molar-refractivity contribution in [3.63, 3.8) is 0 Å². The van der Waals surface area contributed by atoms with Crippen molar-refractivity contribution in [3.8, 4) is 11.5 Å². The monoisotopic (exact) mass is 452 g/mol. The fourth-order valence-electron chi connectivity index (χ4n) is 2.34. The van der Waals surface area contributed by atoms with Gasteiger partial charge in [-0.3, -0.25) is 4.79 Å². The van der Waals surface area contributed by atoms with Gasteiger partial charge in [0.05, 0.1) is 28.6 Å². The van der Waals surface area contributed by atoms with Gasteiger partial charge in [0, 0.05) is 7.05 Å². The lowest BCUT2D eigenvalue weighted by Crippen LogP contribution is -2.15. The summed E-state index contributed by atoms with van der Waals surface area (Å²) in [5.41, 5.74) is 0.396. The smallest absolute Gasteiger partial charge is 0.234 e. The van der Waals surface area contributed by atoms with Gasteiger partial charge in [-0.05, 0) is 36.4 Å². The molecule has 0 bridgehead atoms. The van der Waals surface area contributed by atoms with Crippen LogP contribution >= 0.6 is 35.0 Å². The molecule has 7 nitrogen and oxygen atoms in total. The first-order valence-electron chi connectivity index (χ1n) is 8.49. The van der Waals surface area contributed by atoms with Gasteiger partial charge in [-0.15, -0.1) is 10.2 Å². The Morgan fingerprint density at radius 3 is 2.41 bits per heavy atom. The van der Waals surface area contributed by atoms with Crippen molar-refractivity contribution < 1.29 is 14.3 Å². The fraction of sp³-hybridized carbons (Fsp3) is 0.211. The minimum Gasteiger partial charge on any atom is -0.497 e. The summed E-state index contributed by atoms with van der Waals surface area (Å²) in [6.07, 6.45) is 0. The molecule has 0 aliphatic rings. The molecule has 10 heteroatoms. The Balaban J connectivity index is 1.54. The van der Waals surface area contributed by atoms with Crippen molar-refractivity contribution in [1.29, 1.82) is 0 Å². The lowest BCUT2D eigenvalue weighted by Gasteiger charge is -2.09. The van der Waals surface area contributed by atoms with Crippen LogP contribution in [0.15, 0.2) is 47.6 Å². The van der Waals surface area contributed by atoms with Crippen LogP contribution in [0.2, 0.25) is 10.0 Å². The Kier molecular flexibility index (Phi) is 7.24. The number of amides is 1. The van der Waals surface area contributed by atoms with Gasteiger partial charge in [0.2, 0.25) is 5.91 Å². The Morgan fingerprint density at radius 1 is 1.10 bits per heavy atom. The molecule has 1 aromatic heterocycles. The molecule has 0 unspecified atom stereocenters. The maximum Gasteiger partial charge on any atom is 0.234 e. The van der Waals surface area contributed by atoms with Crippen LogP contribution in [0.1, 0.15) is 5.82 Å². The van der Waals surface area contributed by atoms with Crippen LogP contribution in [0.25, 0.3) is 0 Å². The number of para-hydroxylation sites is 1. The van der Waals surface area contributed by atoms with Gasteiger partial charge in [0.25, 0.3) is 0 Å². The van der Waals surface area contributed by atoms with Gasteiger partial charge in [-0.1, -0.05) is 41.0 Å². The van der Waals surface area contributed by atoms with E-state index in [1.807, 2.05) is 31.3 Å². The highest BCUT2D eigenvalue weighted by molar-refractivity contribution is 7.99. The molecule has 152 valence electrons. The maximum absolute atomic E-state index is 12.2. The normalized spacial score (nSPS) is 10.6. The second kappa shape index (κ2) is 9.87. The lowest BCUT2D eigenvalue weighted by atomic mass is 10.3. The van der Waals surface area contributed by atoms with E-state index >= 15 is 0 Å². The largest absolute Gasteiger partial charge is 0.497 e. The molecular weight excluding hydrogens is 435 g/mol. The van der Waals surface area contributed by atoms with Crippen molar-refractivity contribution in [2.45, 2.75) is 11.8 Å². The summed E-state index contributed by atoms with van der Waals surface area (Å²) in [6, 6.07) is 12.3. The molecule has 1 heterocycles. The number of hydrogen-bond donors (Lipinski definition) is 1. The molecule has 0 fully saturated rings. The van der Waals surface area contributed by atoms with Gasteiger partial charge in [-0.2, -0.15) is 0 Å². The number of ether oxygens (including phenoxy) is 2. The summed E-state index contributed by atoms with van der Waals surface area (Å²) >= 11 is 13.4. The summed E-state index contributed by atoms with van der Waals surface area (Å²) < 4.78 is 12.6. The van der Waals surface area contributed by atoms with E-state index in [9.17, 15) is 4.79 Å². The zero-order valence-corrected chi connectivity index (χ0v) is 18.0. The molecule has 0 spiro atoms. The van der Waals surface area contributed by atoms with E-state index in [-0.39, 0.29) is 18.3 Å². The Hall–Kier alpha value is -2.42. The highest BCUT2D eigenvalue weighted by atomic mass is 35.5. The van der Waals surface area contributed by atoms with Crippen LogP contribution in [-0.4, -0.2) is 33.5 Å². The molecule has 1 N–H and O–H groups in total. The van der Waals surface area contributed by atoms with Crippen molar-refractivity contribution in [2.75, 3.05) is 18.2 Å². The molecule has 0 aliphatic heterocycles. The third kappa shape index (κ3) is 5.56. The minimum absolute atomic E-state index is 0.132. The molecular formula is C19H18Cl2N4O3S. The molecule has 0 atom stereocenters. The van der Waals surface area contributed by atoms with Gasteiger partial charge in [-0.25, -0.2) is 0 Å². The van der Waals surface area contributed by atoms with E-state index in [1.54, 1.807) is 29.9 Å². The number of hydrogen-bond acceptors (Lipinski definition) is 6. The lowest BCUT2D eigenvalue weighted by molar-refractivity contribution is -0.113. The number of halogens is 2. The van der Waals surface area contributed by atoms with Crippen LogP contribution in [0.4, 0.5) is 5.69 Å². The second-order valence-electron chi connectivity index (χ2n) is 5.86. The van der Waals surface area contributed by atoms with Crippen molar-refractivity contribution in [2.24, 2.45) is 7.05 Å². The molecule has 1 amide bonds. The molecule has 0 radical (unpaired) electrons. The highest BCUT2D eigenvalue weighted by Gasteiger charge is 2.14. The molecule has 0 saturated carbocycles. The summed E-state index contributed by atoms with van der Waals surface area (Å²) in [5, 5.41) is 12.3. The number of aromatic nitrogens is 3. The van der Waals surface area contributed by atoms with E-state index < -0.39 is 0 Å². The first-order valence-corrected chi connectivity index (χ1v) is 10.2. The van der Waals surface area contributed by atoms with Crippen LogP contribution in [-0.2, 0) is 18.4 Å². The number of carbonyl (C=O) groups excluding carboxylic acids is 1. The predicted octanol–water partition coefficient (Wildman–Crippen LogP) is 4.44. The predicted molar refractivity (Wildman–Crippen MR) is 114 cm³/mol. The Morgan fingerprint density at radius 2 is 1.76 bits per heavy atom. The van der Waals surface area contributed by atoms with E-state index in [2.05, 4.69) is 15.5 Å². The number of benzene rings is 2. The van der Waals surface area contributed by atoms with Gasteiger partial charge in [0.15, 0.2) is 11.0 Å². The van der Waals surface area contributed by atoms with Crippen LogP contribution in [0.5, 0.6) is 11.5 Å². The molecule has 29 heavy (non-hydrogen) atoms. The summed E-state index contributed by atoms with van der Waals surface area (Å²) in [4.78, 5) is 12.2. The molecule has 0 aliphatic carbocycles. The van der Waals surface area contributed by atoms with E-state index in [0.717, 1.165) is 5.75 Å². The van der Waals surface area contributed by atoms with Gasteiger partial charge in [0.1, 0.15) is 18.1 Å². The summed E-state index contributed by atoms with van der Waals surface area (Å²) in [7, 11) is 3.43. The summed E-state index contributed by atoms with van der Waals surface area (Å²) in [5.74, 6) is 1.97. The van der Waals surface area contributed by atoms with Crippen molar-refractivity contribution in [1.82, 2.24) is 14.8 Å². The van der Waals surface area contributed by atoms with Crippen LogP contribution in [0.3, 0.4) is 0 Å². The topological polar surface area (TPSA) is 78.3 Å². The number of carbonyl (C=O) groups is 1. The Bertz CT molecular complexity index is 975. The number of rotatable bonds is 8. The van der Waals surface area contributed by atoms with Gasteiger partial charge >= 0.3 is 0 Å². The average Bonchev–Trinajstić information content (AvgIpc) is 3.07. The minimum atomic E-state index is -0.246. The first kappa shape index (κ1) is 21.3. The third-order valence-corrected chi connectivity index (χ3v) is 5.56. The third-order valence-electron chi connectivity index (χ3n) is 3.91. The fourth-order valence-corrected chi connectivity index (χ4v) is 3.56. The second-order valence-corrected chi connectivity index (χ2v) is 7.61. The summed E-state index contributed by atoms with van der Waals surface area (Å²) in [6.45, 7) is 0.248. The van der Waals surface area contributed by atoms with Crippen LogP contribution < -0.4 is 14.8 Å². The number of nitrogens with one attached hydrogen (secondary N) is 1. The number of nitrogens with zero attached hydrogens (tertiary/aromatic N) is 3. The SMILES string of the molecule is COc1ccc(OCc2nnc(SCC(=O)Nc3c(Cl)cccc3Cl)n2C)cc1. The first-order chi connectivity index (χ1) is 14.0. The van der Waals surface area contributed by atoms with Crippen molar-refractivity contribution in [3.05, 3.63) is 58.3 Å². The van der Waals surface area contributed by atoms with E-state index in [1.165, 1.54) is 11.8 Å². The highest BCUT2D eigenvalue weighted by Crippen LogP contribution is 2.30. The number of thioether (sulfide) groups is 1. The number of methoxy groups -OCH3 is 1. The molecule has 2 aromatic carbocycles. The van der Waals surface area contributed by atoms with Crippen molar-refractivity contribution >= 4 is 46.6 Å². The molecule has 3 rings (SSSR count). The molecule has 0 saturated heterocycles. The zero-order chi connectivity index (χ0) is 20.8. The average molecular weight is 453 g/mol. The standard InChI is InChI=1S/C19H18Cl2N4O3S/c1-25-16(10-28-13-8-6-12(27-2)7-9-13)23-24-19(25)29-11-17(26)22-18-14(20)4-3-5-15(18)21/h3-9H,10-11H2,1-2H3,(H,22,26). The zero-order valence-electron chi connectivity index (χ0n) is 15.7. The van der Waals surface area contributed by atoms with Crippen LogP contribution in [0, 0.1) is 0 Å². The maximum atomic E-state index is 12.2.